The number of hydrogen-bond acceptors (Lipinski definition) is 6. The van der Waals surface area contributed by atoms with Gasteiger partial charge in [-0.2, -0.15) is 0 Å². The van der Waals surface area contributed by atoms with Crippen LogP contribution in [0.5, 0.6) is 0 Å². The fraction of sp³-hybridized carbons (Fsp3) is 0.222. The van der Waals surface area contributed by atoms with Crippen molar-refractivity contribution in [3.63, 3.8) is 0 Å². The number of nitrogens with zero attached hydrogens (tertiary/aromatic N) is 2. The molecule has 0 radical (unpaired) electrons. The van der Waals surface area contributed by atoms with Gasteiger partial charge in [-0.25, -0.2) is 10.0 Å². The minimum Gasteiger partial charge on any atom is -0.457 e. The number of morpholine rings is 1. The quantitative estimate of drug-likeness (QED) is 0.516. The molecular weight excluding hydrogens is 436 g/mol. The zero-order valence-electron chi connectivity index (χ0n) is 13.7. The van der Waals surface area contributed by atoms with Gasteiger partial charge in [-0.05, 0) is 24.3 Å². The Morgan fingerprint density at radius 1 is 1.12 bits per heavy atom. The lowest BCUT2D eigenvalue weighted by molar-refractivity contribution is -0.138. The summed E-state index contributed by atoms with van der Waals surface area (Å²) in [6.45, 7) is 2.53. The molecule has 2 aromatic rings. The monoisotopic (exact) mass is 450 g/mol. The Hall–Kier alpha value is -1.45. The van der Waals surface area contributed by atoms with Crippen molar-refractivity contribution >= 4 is 56.2 Å². The van der Waals surface area contributed by atoms with E-state index in [4.69, 9.17) is 21.4 Å². The van der Waals surface area contributed by atoms with Crippen LogP contribution in [0.1, 0.15) is 5.76 Å². The molecule has 134 valence electrons. The van der Waals surface area contributed by atoms with Crippen molar-refractivity contribution in [1.29, 1.82) is 0 Å². The normalized spacial score (nSPS) is 20.3. The van der Waals surface area contributed by atoms with Crippen molar-refractivity contribution in [3.8, 4) is 11.3 Å². The first-order chi connectivity index (χ1) is 12.6. The number of carbonyl (C=O) groups excluding carboxylic acids is 1. The first-order valence-electron chi connectivity index (χ1n) is 8.08. The molecule has 8 heteroatoms. The van der Waals surface area contributed by atoms with E-state index in [9.17, 15) is 4.79 Å². The highest BCUT2D eigenvalue weighted by molar-refractivity contribution is 9.10. The van der Waals surface area contributed by atoms with E-state index < -0.39 is 0 Å². The molecule has 0 unspecified atom stereocenters. The Balaban J connectivity index is 1.54. The average molecular weight is 451 g/mol. The third kappa shape index (κ3) is 3.65. The molecule has 1 aromatic heterocycles. The summed E-state index contributed by atoms with van der Waals surface area (Å²) in [6.07, 6.45) is 1.75. The summed E-state index contributed by atoms with van der Waals surface area (Å²) in [7, 11) is 0. The van der Waals surface area contributed by atoms with Crippen LogP contribution in [0.15, 0.2) is 50.2 Å². The van der Waals surface area contributed by atoms with Crippen LogP contribution in [0.2, 0.25) is 0 Å². The first-order valence-corrected chi connectivity index (χ1v) is 10.1. The second-order valence-corrected chi connectivity index (χ2v) is 8.36. The summed E-state index contributed by atoms with van der Waals surface area (Å²) in [4.78, 5) is 13.3. The van der Waals surface area contributed by atoms with Crippen molar-refractivity contribution in [1.82, 2.24) is 10.0 Å². The van der Waals surface area contributed by atoms with Gasteiger partial charge in [-0.1, -0.05) is 52.0 Å². The topological polar surface area (TPSA) is 45.9 Å². The smallest absolute Gasteiger partial charge is 0.281 e. The fourth-order valence-corrected chi connectivity index (χ4v) is 4.34. The highest BCUT2D eigenvalue weighted by Crippen LogP contribution is 2.34. The van der Waals surface area contributed by atoms with E-state index >= 15 is 0 Å². The largest absolute Gasteiger partial charge is 0.457 e. The van der Waals surface area contributed by atoms with E-state index in [1.54, 1.807) is 11.1 Å². The van der Waals surface area contributed by atoms with E-state index in [0.29, 0.717) is 41.3 Å². The van der Waals surface area contributed by atoms with Gasteiger partial charge in [0.2, 0.25) is 0 Å². The van der Waals surface area contributed by atoms with Crippen LogP contribution in [-0.2, 0) is 9.53 Å². The fourth-order valence-electron chi connectivity index (χ4n) is 2.79. The molecule has 0 saturated carbocycles. The van der Waals surface area contributed by atoms with Gasteiger partial charge >= 0.3 is 0 Å². The number of hydrazine groups is 1. The maximum atomic E-state index is 12.8. The molecule has 2 saturated heterocycles. The van der Waals surface area contributed by atoms with Crippen molar-refractivity contribution in [2.24, 2.45) is 0 Å². The van der Waals surface area contributed by atoms with E-state index in [2.05, 4.69) is 15.9 Å². The molecule has 2 aliphatic rings. The maximum absolute atomic E-state index is 12.8. The highest BCUT2D eigenvalue weighted by Gasteiger charge is 2.37. The molecular formula is C18H15BrN2O3S2. The number of benzene rings is 1. The van der Waals surface area contributed by atoms with Crippen molar-refractivity contribution in [2.45, 2.75) is 0 Å². The number of furan rings is 1. The molecule has 4 rings (SSSR count). The highest BCUT2D eigenvalue weighted by atomic mass is 79.9. The average Bonchev–Trinajstić information content (AvgIpc) is 3.21. The Labute approximate surface area is 169 Å². The minimum atomic E-state index is -0.108. The first kappa shape index (κ1) is 17.9. The number of thioether (sulfide) groups is 1. The third-order valence-electron chi connectivity index (χ3n) is 4.07. The predicted octanol–water partition coefficient (Wildman–Crippen LogP) is 4.16. The molecule has 3 heterocycles. The lowest BCUT2D eigenvalue weighted by Crippen LogP contribution is -2.50. The molecule has 2 fully saturated rings. The number of hydrogen-bond donors (Lipinski definition) is 0. The molecule has 26 heavy (non-hydrogen) atoms. The molecule has 0 spiro atoms. The van der Waals surface area contributed by atoms with Crippen LogP contribution in [0, 0.1) is 0 Å². The van der Waals surface area contributed by atoms with Gasteiger partial charge in [-0.3, -0.25) is 4.79 Å². The number of amides is 1. The van der Waals surface area contributed by atoms with Gasteiger partial charge in [0.25, 0.3) is 5.91 Å². The Kier molecular flexibility index (Phi) is 5.28. The molecule has 2 aliphatic heterocycles. The molecule has 0 aliphatic carbocycles. The number of thiocarbonyl (C=S) groups is 1. The minimum absolute atomic E-state index is 0.108. The summed E-state index contributed by atoms with van der Waals surface area (Å²) in [5.74, 6) is 1.28. The van der Waals surface area contributed by atoms with Crippen LogP contribution >= 0.6 is 39.9 Å². The summed E-state index contributed by atoms with van der Waals surface area (Å²) >= 11 is 10.1. The number of rotatable bonds is 3. The molecule has 1 amide bonds. The maximum Gasteiger partial charge on any atom is 0.281 e. The Morgan fingerprint density at radius 2 is 1.85 bits per heavy atom. The Bertz CT molecular complexity index is 873. The van der Waals surface area contributed by atoms with E-state index in [0.717, 1.165) is 15.8 Å². The summed E-state index contributed by atoms with van der Waals surface area (Å²) in [5.41, 5.74) is 0.980. The molecule has 0 atom stereocenters. The van der Waals surface area contributed by atoms with E-state index in [1.165, 1.54) is 11.8 Å². The van der Waals surface area contributed by atoms with Gasteiger partial charge < -0.3 is 9.15 Å². The van der Waals surface area contributed by atoms with Crippen molar-refractivity contribution in [3.05, 3.63) is 51.5 Å². The predicted molar refractivity (Wildman–Crippen MR) is 109 cm³/mol. The van der Waals surface area contributed by atoms with Gasteiger partial charge in [0.05, 0.1) is 18.1 Å². The summed E-state index contributed by atoms with van der Waals surface area (Å²) in [5, 5.41) is 3.52. The summed E-state index contributed by atoms with van der Waals surface area (Å²) < 4.78 is 12.8. The standard InChI is InChI=1S/C18H15BrN2O3S2/c19-13-3-1-12(2-4-13)15-6-5-14(24-15)11-16-17(22)21(18(25)26-16)20-7-9-23-10-8-20/h1-6,11H,7-10H2/b16-11+. The summed E-state index contributed by atoms with van der Waals surface area (Å²) in [6, 6.07) is 11.6. The van der Waals surface area contributed by atoms with Crippen LogP contribution in [0.3, 0.4) is 0 Å². The van der Waals surface area contributed by atoms with Crippen molar-refractivity contribution in [2.75, 3.05) is 26.3 Å². The van der Waals surface area contributed by atoms with Gasteiger partial charge in [0.15, 0.2) is 4.32 Å². The van der Waals surface area contributed by atoms with Crippen LogP contribution in [0.4, 0.5) is 0 Å². The zero-order valence-corrected chi connectivity index (χ0v) is 16.9. The van der Waals surface area contributed by atoms with Gasteiger partial charge in [-0.15, -0.1) is 0 Å². The molecule has 1 aromatic carbocycles. The van der Waals surface area contributed by atoms with Crippen molar-refractivity contribution < 1.29 is 13.9 Å². The number of halogens is 1. The number of carbonyl (C=O) groups is 1. The van der Waals surface area contributed by atoms with Gasteiger partial charge in [0.1, 0.15) is 11.5 Å². The third-order valence-corrected chi connectivity index (χ3v) is 5.88. The second-order valence-electron chi connectivity index (χ2n) is 5.77. The van der Waals surface area contributed by atoms with Gasteiger partial charge in [0, 0.05) is 29.2 Å². The van der Waals surface area contributed by atoms with Crippen LogP contribution in [0.25, 0.3) is 17.4 Å². The zero-order chi connectivity index (χ0) is 18.1. The Morgan fingerprint density at radius 3 is 2.58 bits per heavy atom. The van der Waals surface area contributed by atoms with Crippen LogP contribution < -0.4 is 0 Å². The SMILES string of the molecule is O=C1/C(=C\c2ccc(-c3ccc(Br)cc3)o2)SC(=S)N1N1CCOCC1. The van der Waals surface area contributed by atoms with Crippen LogP contribution in [-0.4, -0.2) is 46.5 Å². The number of ether oxygens (including phenoxy) is 1. The van der Waals surface area contributed by atoms with E-state index in [1.807, 2.05) is 41.4 Å². The lowest BCUT2D eigenvalue weighted by atomic mass is 10.2. The molecule has 0 N–H and O–H groups in total. The second kappa shape index (κ2) is 7.66. The molecule has 0 bridgehead atoms. The molecule has 5 nitrogen and oxygen atoms in total. The van der Waals surface area contributed by atoms with E-state index in [-0.39, 0.29) is 5.91 Å². The lowest BCUT2D eigenvalue weighted by Gasteiger charge is -2.33.